The first-order valence-electron chi connectivity index (χ1n) is 10.1. The van der Waals surface area contributed by atoms with E-state index >= 15 is 0 Å². The lowest BCUT2D eigenvalue weighted by atomic mass is 9.98. The maximum absolute atomic E-state index is 13.8. The first-order chi connectivity index (χ1) is 15.3. The summed E-state index contributed by atoms with van der Waals surface area (Å²) < 4.78 is 45.0. The normalized spacial score (nSPS) is 11.7. The molecule has 9 heteroatoms. The number of halogens is 1. The first-order valence-corrected chi connectivity index (χ1v) is 12.1. The van der Waals surface area contributed by atoms with E-state index in [9.17, 15) is 8.42 Å². The highest BCUT2D eigenvalue weighted by atomic mass is 35.5. The average Bonchev–Trinajstić information content (AvgIpc) is 3.13. The van der Waals surface area contributed by atoms with E-state index in [1.165, 1.54) is 7.11 Å². The van der Waals surface area contributed by atoms with Crippen LogP contribution in [0.4, 0.5) is 5.88 Å². The van der Waals surface area contributed by atoms with Gasteiger partial charge in [-0.25, -0.2) is 12.7 Å². The predicted octanol–water partition coefficient (Wildman–Crippen LogP) is 5.03. The molecule has 1 aromatic heterocycles. The highest BCUT2D eigenvalue weighted by Gasteiger charge is 2.32. The molecule has 0 N–H and O–H groups in total. The van der Waals surface area contributed by atoms with Crippen molar-refractivity contribution in [2.75, 3.05) is 24.8 Å². The lowest BCUT2D eigenvalue weighted by Crippen LogP contribution is -2.33. The molecule has 0 spiro atoms. The van der Waals surface area contributed by atoms with Gasteiger partial charge in [-0.2, -0.15) is 0 Å². The molecule has 3 aromatic rings. The number of nitrogens with zero attached hydrogens (tertiary/aromatic N) is 2. The molecule has 2 aromatic carbocycles. The van der Waals surface area contributed by atoms with E-state index in [0.29, 0.717) is 35.9 Å². The van der Waals surface area contributed by atoms with E-state index < -0.39 is 10.0 Å². The van der Waals surface area contributed by atoms with Crippen LogP contribution in [0.25, 0.3) is 11.1 Å². The molecular formula is C23H27ClN2O5S. The molecule has 0 bridgehead atoms. The predicted molar refractivity (Wildman–Crippen MR) is 124 cm³/mol. The molecule has 0 aliphatic carbocycles. The van der Waals surface area contributed by atoms with Crippen molar-refractivity contribution < 1.29 is 22.4 Å². The molecule has 0 atom stereocenters. The highest BCUT2D eigenvalue weighted by molar-refractivity contribution is 7.93. The maximum Gasteiger partial charge on any atom is 0.269 e. The molecule has 7 nitrogen and oxygen atoms in total. The van der Waals surface area contributed by atoms with Crippen LogP contribution in [0.5, 0.6) is 0 Å². The van der Waals surface area contributed by atoms with Gasteiger partial charge in [0, 0.05) is 30.7 Å². The van der Waals surface area contributed by atoms with E-state index in [4.69, 9.17) is 25.6 Å². The summed E-state index contributed by atoms with van der Waals surface area (Å²) in [6.07, 6.45) is 0. The largest absolute Gasteiger partial charge is 0.377 e. The fraction of sp³-hybridized carbons (Fsp3) is 0.348. The third-order valence-electron chi connectivity index (χ3n) is 5.14. The Morgan fingerprint density at radius 3 is 2.50 bits per heavy atom. The van der Waals surface area contributed by atoms with Gasteiger partial charge in [-0.05, 0) is 43.5 Å². The van der Waals surface area contributed by atoms with Gasteiger partial charge in [0.1, 0.15) is 6.73 Å². The Morgan fingerprint density at radius 1 is 1.12 bits per heavy atom. The summed E-state index contributed by atoms with van der Waals surface area (Å²) in [7, 11) is -2.62. The number of hydrogen-bond donors (Lipinski definition) is 0. The number of aryl methyl sites for hydroxylation is 1. The quantitative estimate of drug-likeness (QED) is 0.300. The Morgan fingerprint density at radius 2 is 1.88 bits per heavy atom. The zero-order valence-corrected chi connectivity index (χ0v) is 20.2. The van der Waals surface area contributed by atoms with Crippen LogP contribution >= 0.6 is 11.6 Å². The fourth-order valence-electron chi connectivity index (χ4n) is 3.35. The number of rotatable bonds is 10. The van der Waals surface area contributed by atoms with Crippen molar-refractivity contribution in [2.24, 2.45) is 0 Å². The third-order valence-corrected chi connectivity index (χ3v) is 7.21. The summed E-state index contributed by atoms with van der Waals surface area (Å²) in [6.45, 7) is 6.09. The minimum Gasteiger partial charge on any atom is -0.377 e. The fourth-order valence-corrected chi connectivity index (χ4v) is 5.09. The molecule has 0 aliphatic heterocycles. The minimum atomic E-state index is -4.05. The highest BCUT2D eigenvalue weighted by Crippen LogP contribution is 2.35. The topological polar surface area (TPSA) is 81.9 Å². The van der Waals surface area contributed by atoms with E-state index in [0.717, 1.165) is 21.0 Å². The number of ether oxygens (including phenoxy) is 2. The molecule has 0 unspecified atom stereocenters. The zero-order valence-electron chi connectivity index (χ0n) is 18.6. The zero-order chi connectivity index (χ0) is 23.3. The van der Waals surface area contributed by atoms with Gasteiger partial charge >= 0.3 is 0 Å². The average molecular weight is 479 g/mol. The minimum absolute atomic E-state index is 0.127. The van der Waals surface area contributed by atoms with Crippen molar-refractivity contribution in [2.45, 2.75) is 38.2 Å². The molecule has 0 saturated heterocycles. The van der Waals surface area contributed by atoms with Gasteiger partial charge in [-0.15, -0.1) is 11.6 Å². The van der Waals surface area contributed by atoms with Crippen LogP contribution in [-0.2, 0) is 32.0 Å². The Hall–Kier alpha value is -2.39. The molecule has 172 valence electrons. The molecule has 1 heterocycles. The smallest absolute Gasteiger partial charge is 0.269 e. The van der Waals surface area contributed by atoms with Crippen LogP contribution in [0.15, 0.2) is 51.9 Å². The second kappa shape index (κ2) is 10.5. The van der Waals surface area contributed by atoms with E-state index in [-0.39, 0.29) is 17.5 Å². The number of hydrogen-bond acceptors (Lipinski definition) is 6. The summed E-state index contributed by atoms with van der Waals surface area (Å²) in [4.78, 5) is 0.127. The van der Waals surface area contributed by atoms with Crippen LogP contribution in [-0.4, -0.2) is 34.0 Å². The molecule has 0 radical (unpaired) electrons. The molecular weight excluding hydrogens is 452 g/mol. The number of aromatic nitrogens is 1. The second-order valence-corrected chi connectivity index (χ2v) is 9.33. The number of alkyl halides is 1. The lowest BCUT2D eigenvalue weighted by molar-refractivity contribution is 0.134. The number of methoxy groups -OCH3 is 1. The third kappa shape index (κ3) is 4.83. The van der Waals surface area contributed by atoms with Crippen molar-refractivity contribution in [1.29, 1.82) is 0 Å². The second-order valence-electron chi connectivity index (χ2n) is 7.23. The van der Waals surface area contributed by atoms with Crippen LogP contribution in [0.2, 0.25) is 0 Å². The van der Waals surface area contributed by atoms with Crippen molar-refractivity contribution >= 4 is 27.5 Å². The summed E-state index contributed by atoms with van der Waals surface area (Å²) >= 11 is 6.02. The molecule has 0 aliphatic rings. The van der Waals surface area contributed by atoms with Crippen molar-refractivity contribution in [3.05, 3.63) is 64.8 Å². The molecule has 0 saturated carbocycles. The van der Waals surface area contributed by atoms with Crippen molar-refractivity contribution in [3.63, 3.8) is 0 Å². The van der Waals surface area contributed by atoms with Gasteiger partial charge in [0.2, 0.25) is 5.88 Å². The van der Waals surface area contributed by atoms with Crippen LogP contribution in [0, 0.1) is 13.8 Å². The van der Waals surface area contributed by atoms with Gasteiger partial charge in [0.05, 0.1) is 17.2 Å². The van der Waals surface area contributed by atoms with Gasteiger partial charge in [0.15, 0.2) is 0 Å². The summed E-state index contributed by atoms with van der Waals surface area (Å²) in [5.74, 6) is 0.483. The summed E-state index contributed by atoms with van der Waals surface area (Å²) in [5.41, 5.74) is 4.34. The molecule has 32 heavy (non-hydrogen) atoms. The SMILES string of the molecule is CCOCc1cc(CCl)ccc1-c1ccccc1S(=O)(=O)N(COC)c1onc(C)c1C. The van der Waals surface area contributed by atoms with Crippen molar-refractivity contribution in [3.8, 4) is 11.1 Å². The number of anilines is 1. The van der Waals surface area contributed by atoms with E-state index in [2.05, 4.69) is 5.16 Å². The Bertz CT molecular complexity index is 1180. The van der Waals surface area contributed by atoms with Crippen LogP contribution in [0.1, 0.15) is 29.3 Å². The Kier molecular flexibility index (Phi) is 7.95. The van der Waals surface area contributed by atoms with Gasteiger partial charge < -0.3 is 14.0 Å². The first kappa shape index (κ1) is 24.3. The van der Waals surface area contributed by atoms with E-state index in [1.807, 2.05) is 25.1 Å². The van der Waals surface area contributed by atoms with E-state index in [1.54, 1.807) is 38.1 Å². The van der Waals surface area contributed by atoms with Gasteiger partial charge in [0.25, 0.3) is 10.0 Å². The lowest BCUT2D eigenvalue weighted by Gasteiger charge is -2.23. The van der Waals surface area contributed by atoms with Crippen LogP contribution < -0.4 is 4.31 Å². The summed E-state index contributed by atoms with van der Waals surface area (Å²) in [5, 5.41) is 3.91. The Balaban J connectivity index is 2.18. The number of benzene rings is 2. The van der Waals surface area contributed by atoms with Crippen LogP contribution in [0.3, 0.4) is 0 Å². The van der Waals surface area contributed by atoms with Gasteiger partial charge in [-0.1, -0.05) is 41.6 Å². The maximum atomic E-state index is 13.8. The van der Waals surface area contributed by atoms with Gasteiger partial charge in [-0.3, -0.25) is 0 Å². The summed E-state index contributed by atoms with van der Waals surface area (Å²) in [6, 6.07) is 12.6. The molecule has 0 fully saturated rings. The molecule has 3 rings (SSSR count). The standard InChI is InChI=1S/C23H27ClN2O5S/c1-5-30-14-19-12-18(13-24)10-11-20(19)21-8-6-7-9-22(21)32(27,28)26(15-29-4)23-16(2)17(3)25-31-23/h6-12H,5,13-15H2,1-4H3. The van der Waals surface area contributed by atoms with Crippen molar-refractivity contribution in [1.82, 2.24) is 5.16 Å². The Labute approximate surface area is 193 Å². The molecule has 0 amide bonds. The number of sulfonamides is 1. The monoisotopic (exact) mass is 478 g/mol.